The van der Waals surface area contributed by atoms with Crippen molar-refractivity contribution in [2.75, 3.05) is 6.61 Å². The third kappa shape index (κ3) is 7.72. The van der Waals surface area contributed by atoms with Crippen LogP contribution in [0.4, 0.5) is 4.39 Å². The van der Waals surface area contributed by atoms with Crippen molar-refractivity contribution in [3.8, 4) is 22.6 Å². The molecule has 0 atom stereocenters. The Morgan fingerprint density at radius 3 is 1.97 bits per heavy atom. The lowest BCUT2D eigenvalue weighted by atomic mass is 10.0. The molecule has 3 rings (SSSR count). The molecule has 3 aromatic carbocycles. The van der Waals surface area contributed by atoms with Crippen LogP contribution in [-0.2, 0) is 6.42 Å². The molecule has 0 aromatic heterocycles. The standard InChI is InChI=1S/C30H35FO3/c1-3-5-7-8-10-25-11-12-26(22-29(25)31)30(32)34-28-19-15-24(16-20-28)23-13-17-27(18-14-23)33-21-9-6-4-2/h11-20,22H,3-10,21H2,1-2H3. The molecule has 0 aliphatic rings. The first-order chi connectivity index (χ1) is 16.6. The Bertz CT molecular complexity index is 1030. The van der Waals surface area contributed by atoms with E-state index in [0.29, 0.717) is 17.7 Å². The molecule has 180 valence electrons. The van der Waals surface area contributed by atoms with Crippen molar-refractivity contribution >= 4 is 5.97 Å². The van der Waals surface area contributed by atoms with Gasteiger partial charge in [-0.25, -0.2) is 9.18 Å². The maximum Gasteiger partial charge on any atom is 0.343 e. The molecule has 34 heavy (non-hydrogen) atoms. The molecule has 0 aliphatic heterocycles. The van der Waals surface area contributed by atoms with Gasteiger partial charge >= 0.3 is 5.97 Å². The number of rotatable bonds is 13. The Kier molecular flexibility index (Phi) is 10.1. The Balaban J connectivity index is 1.55. The van der Waals surface area contributed by atoms with E-state index in [9.17, 15) is 9.18 Å². The summed E-state index contributed by atoms with van der Waals surface area (Å²) in [6.07, 6.45) is 8.45. The predicted octanol–water partition coefficient (Wildman–Crippen LogP) is 8.40. The monoisotopic (exact) mass is 462 g/mol. The van der Waals surface area contributed by atoms with E-state index in [4.69, 9.17) is 9.47 Å². The molecule has 0 N–H and O–H groups in total. The van der Waals surface area contributed by atoms with E-state index in [1.807, 2.05) is 36.4 Å². The summed E-state index contributed by atoms with van der Waals surface area (Å²) in [5.74, 6) is 0.381. The van der Waals surface area contributed by atoms with Gasteiger partial charge in [-0.1, -0.05) is 76.3 Å². The average molecular weight is 463 g/mol. The minimum Gasteiger partial charge on any atom is -0.494 e. The molecule has 0 bridgehead atoms. The van der Waals surface area contributed by atoms with Gasteiger partial charge in [0.25, 0.3) is 0 Å². The summed E-state index contributed by atoms with van der Waals surface area (Å²) < 4.78 is 25.6. The lowest BCUT2D eigenvalue weighted by Gasteiger charge is -2.09. The number of benzene rings is 3. The van der Waals surface area contributed by atoms with Crippen molar-refractivity contribution in [1.29, 1.82) is 0 Å². The fourth-order valence-corrected chi connectivity index (χ4v) is 3.79. The zero-order chi connectivity index (χ0) is 24.2. The average Bonchev–Trinajstić information content (AvgIpc) is 2.86. The van der Waals surface area contributed by atoms with E-state index in [1.54, 1.807) is 24.3 Å². The molecule has 0 saturated carbocycles. The third-order valence-corrected chi connectivity index (χ3v) is 5.86. The first-order valence-corrected chi connectivity index (χ1v) is 12.4. The minimum atomic E-state index is -0.561. The predicted molar refractivity (Wildman–Crippen MR) is 136 cm³/mol. The van der Waals surface area contributed by atoms with Crippen molar-refractivity contribution < 1.29 is 18.7 Å². The molecular weight excluding hydrogens is 427 g/mol. The van der Waals surface area contributed by atoms with Gasteiger partial charge in [0.15, 0.2) is 0 Å². The van der Waals surface area contributed by atoms with Crippen LogP contribution in [0.15, 0.2) is 66.7 Å². The van der Waals surface area contributed by atoms with E-state index in [-0.39, 0.29) is 11.4 Å². The number of hydrogen-bond acceptors (Lipinski definition) is 3. The van der Waals surface area contributed by atoms with Crippen molar-refractivity contribution in [2.45, 2.75) is 65.2 Å². The Hall–Kier alpha value is -3.14. The quantitative estimate of drug-likeness (QED) is 0.145. The van der Waals surface area contributed by atoms with Gasteiger partial charge in [-0.05, 0) is 72.4 Å². The first kappa shape index (κ1) is 25.5. The number of unbranched alkanes of at least 4 members (excludes halogenated alkanes) is 5. The molecule has 0 unspecified atom stereocenters. The molecule has 4 heteroatoms. The van der Waals surface area contributed by atoms with Crippen LogP contribution in [0.1, 0.15) is 74.7 Å². The summed E-state index contributed by atoms with van der Waals surface area (Å²) in [6, 6.07) is 19.9. The Morgan fingerprint density at radius 2 is 1.35 bits per heavy atom. The highest BCUT2D eigenvalue weighted by Gasteiger charge is 2.12. The lowest BCUT2D eigenvalue weighted by Crippen LogP contribution is -2.09. The largest absolute Gasteiger partial charge is 0.494 e. The molecule has 0 amide bonds. The summed E-state index contributed by atoms with van der Waals surface area (Å²) in [7, 11) is 0. The van der Waals surface area contributed by atoms with Gasteiger partial charge in [0.2, 0.25) is 0 Å². The van der Waals surface area contributed by atoms with Crippen molar-refractivity contribution in [1.82, 2.24) is 0 Å². The van der Waals surface area contributed by atoms with E-state index >= 15 is 0 Å². The first-order valence-electron chi connectivity index (χ1n) is 12.4. The van der Waals surface area contributed by atoms with Crippen LogP contribution < -0.4 is 9.47 Å². The summed E-state index contributed by atoms with van der Waals surface area (Å²) in [4.78, 5) is 12.5. The number of hydrogen-bond donors (Lipinski definition) is 0. The van der Waals surface area contributed by atoms with Gasteiger partial charge in [0.05, 0.1) is 12.2 Å². The Labute approximate surface area is 202 Å². The minimum absolute atomic E-state index is 0.216. The van der Waals surface area contributed by atoms with E-state index in [1.165, 1.54) is 18.9 Å². The fourth-order valence-electron chi connectivity index (χ4n) is 3.79. The van der Waals surface area contributed by atoms with Crippen molar-refractivity contribution in [2.24, 2.45) is 0 Å². The van der Waals surface area contributed by atoms with Crippen LogP contribution in [0, 0.1) is 5.82 Å². The number of carbonyl (C=O) groups is 1. The molecule has 0 fully saturated rings. The van der Waals surface area contributed by atoms with Crippen molar-refractivity contribution in [3.63, 3.8) is 0 Å². The molecule has 0 radical (unpaired) electrons. The van der Waals surface area contributed by atoms with Crippen LogP contribution in [0.25, 0.3) is 11.1 Å². The summed E-state index contributed by atoms with van der Waals surface area (Å²) in [6.45, 7) is 5.06. The second kappa shape index (κ2) is 13.5. The van der Waals surface area contributed by atoms with Crippen LogP contribution in [0.3, 0.4) is 0 Å². The maximum atomic E-state index is 14.4. The molecule has 0 saturated heterocycles. The second-order valence-corrected chi connectivity index (χ2v) is 8.61. The second-order valence-electron chi connectivity index (χ2n) is 8.61. The zero-order valence-corrected chi connectivity index (χ0v) is 20.3. The van der Waals surface area contributed by atoms with Gasteiger partial charge in [0.1, 0.15) is 17.3 Å². The van der Waals surface area contributed by atoms with Gasteiger partial charge in [-0.15, -0.1) is 0 Å². The highest BCUT2D eigenvalue weighted by Crippen LogP contribution is 2.25. The van der Waals surface area contributed by atoms with Gasteiger partial charge in [-0.2, -0.15) is 0 Å². The molecule has 3 aromatic rings. The normalized spacial score (nSPS) is 10.8. The fraction of sp³-hybridized carbons (Fsp3) is 0.367. The van der Waals surface area contributed by atoms with E-state index in [0.717, 1.165) is 55.6 Å². The van der Waals surface area contributed by atoms with Crippen LogP contribution in [0.2, 0.25) is 0 Å². The summed E-state index contributed by atoms with van der Waals surface area (Å²) in [5.41, 5.74) is 2.92. The van der Waals surface area contributed by atoms with Gasteiger partial charge in [-0.3, -0.25) is 0 Å². The number of halogens is 1. The van der Waals surface area contributed by atoms with Gasteiger partial charge in [0, 0.05) is 0 Å². The maximum absolute atomic E-state index is 14.4. The topological polar surface area (TPSA) is 35.5 Å². The smallest absolute Gasteiger partial charge is 0.343 e. The molecule has 0 heterocycles. The van der Waals surface area contributed by atoms with E-state index in [2.05, 4.69) is 13.8 Å². The highest BCUT2D eigenvalue weighted by atomic mass is 19.1. The van der Waals surface area contributed by atoms with Crippen LogP contribution >= 0.6 is 0 Å². The van der Waals surface area contributed by atoms with E-state index < -0.39 is 5.97 Å². The third-order valence-electron chi connectivity index (χ3n) is 5.86. The zero-order valence-electron chi connectivity index (χ0n) is 20.3. The molecule has 0 aliphatic carbocycles. The van der Waals surface area contributed by atoms with Crippen LogP contribution in [-0.4, -0.2) is 12.6 Å². The molecule has 0 spiro atoms. The highest BCUT2D eigenvalue weighted by molar-refractivity contribution is 5.91. The number of carbonyl (C=O) groups excluding carboxylic acids is 1. The number of aryl methyl sites for hydroxylation is 1. The number of esters is 1. The molecular formula is C30H35FO3. The number of ether oxygens (including phenoxy) is 2. The van der Waals surface area contributed by atoms with Crippen LogP contribution in [0.5, 0.6) is 11.5 Å². The summed E-state index contributed by atoms with van der Waals surface area (Å²) >= 11 is 0. The Morgan fingerprint density at radius 1 is 0.735 bits per heavy atom. The van der Waals surface area contributed by atoms with Crippen molar-refractivity contribution in [3.05, 3.63) is 83.7 Å². The lowest BCUT2D eigenvalue weighted by molar-refractivity contribution is 0.0734. The molecule has 3 nitrogen and oxygen atoms in total. The van der Waals surface area contributed by atoms with Gasteiger partial charge < -0.3 is 9.47 Å². The SMILES string of the molecule is CCCCCCc1ccc(C(=O)Oc2ccc(-c3ccc(OCCCCC)cc3)cc2)cc1F. The summed E-state index contributed by atoms with van der Waals surface area (Å²) in [5, 5.41) is 0.